The average Bonchev–Trinajstić information content (AvgIpc) is 2.87. The molecule has 1 heterocycles. The van der Waals surface area contributed by atoms with Crippen molar-refractivity contribution in [2.45, 2.75) is 6.54 Å². The third-order valence-electron chi connectivity index (χ3n) is 2.60. The molecule has 0 aliphatic carbocycles. The van der Waals surface area contributed by atoms with Crippen molar-refractivity contribution >= 4 is 5.78 Å². The summed E-state index contributed by atoms with van der Waals surface area (Å²) >= 11 is 0. The Hall–Kier alpha value is -2.36. The van der Waals surface area contributed by atoms with E-state index in [2.05, 4.69) is 11.6 Å². The second kappa shape index (κ2) is 5.31. The molecule has 0 saturated carbocycles. The van der Waals surface area contributed by atoms with Gasteiger partial charge in [0.25, 0.3) is 0 Å². The molecule has 0 fully saturated rings. The Balaban J connectivity index is 2.29. The van der Waals surface area contributed by atoms with Gasteiger partial charge in [-0.25, -0.2) is 4.98 Å². The predicted molar refractivity (Wildman–Crippen MR) is 68.9 cm³/mol. The number of carbonyl (C=O) groups excluding carboxylic acids is 1. The van der Waals surface area contributed by atoms with Crippen LogP contribution in [0, 0.1) is 0 Å². The summed E-state index contributed by atoms with van der Waals surface area (Å²) in [5.41, 5.74) is 0.590. The average molecular weight is 242 g/mol. The molecular weight excluding hydrogens is 228 g/mol. The normalized spacial score (nSPS) is 10.1. The number of rotatable bonds is 5. The molecule has 1 aromatic heterocycles. The molecular formula is C14H14N2O2. The maximum Gasteiger partial charge on any atom is 0.228 e. The molecule has 0 aliphatic heterocycles. The molecule has 0 unspecified atom stereocenters. The number of allylic oxidation sites excluding steroid dienone is 1. The Morgan fingerprint density at radius 1 is 1.44 bits per heavy atom. The van der Waals surface area contributed by atoms with Crippen molar-refractivity contribution in [3.05, 3.63) is 60.7 Å². The Bertz CT molecular complexity index is 555. The van der Waals surface area contributed by atoms with Crippen molar-refractivity contribution in [3.8, 4) is 5.75 Å². The lowest BCUT2D eigenvalue weighted by Crippen LogP contribution is -2.10. The lowest BCUT2D eigenvalue weighted by atomic mass is 10.1. The number of methoxy groups -OCH3 is 1. The summed E-state index contributed by atoms with van der Waals surface area (Å²) in [6.07, 6.45) is 5.10. The molecule has 0 radical (unpaired) electrons. The van der Waals surface area contributed by atoms with Gasteiger partial charge in [-0.1, -0.05) is 6.08 Å². The number of hydrogen-bond donors (Lipinski definition) is 0. The topological polar surface area (TPSA) is 44.1 Å². The van der Waals surface area contributed by atoms with Gasteiger partial charge in [0.05, 0.1) is 7.11 Å². The van der Waals surface area contributed by atoms with Gasteiger partial charge in [0.2, 0.25) is 5.78 Å². The lowest BCUT2D eigenvalue weighted by Gasteiger charge is -2.05. The highest BCUT2D eigenvalue weighted by Gasteiger charge is 2.14. The first-order chi connectivity index (χ1) is 8.76. The van der Waals surface area contributed by atoms with Gasteiger partial charge in [-0.05, 0) is 24.3 Å². The Morgan fingerprint density at radius 3 is 2.78 bits per heavy atom. The van der Waals surface area contributed by atoms with E-state index in [1.807, 2.05) is 0 Å². The van der Waals surface area contributed by atoms with Gasteiger partial charge in [-0.2, -0.15) is 0 Å². The predicted octanol–water partition coefficient (Wildman–Crippen LogP) is 2.31. The number of ether oxygens (including phenoxy) is 1. The van der Waals surface area contributed by atoms with E-state index in [9.17, 15) is 4.79 Å². The van der Waals surface area contributed by atoms with Gasteiger partial charge in [0, 0.05) is 24.5 Å². The van der Waals surface area contributed by atoms with Crippen molar-refractivity contribution in [1.82, 2.24) is 9.55 Å². The van der Waals surface area contributed by atoms with Crippen LogP contribution >= 0.6 is 0 Å². The molecule has 0 atom stereocenters. The van der Waals surface area contributed by atoms with Crippen LogP contribution in [0.2, 0.25) is 0 Å². The highest BCUT2D eigenvalue weighted by molar-refractivity contribution is 6.06. The maximum atomic E-state index is 12.2. The molecule has 0 saturated heterocycles. The Morgan fingerprint density at radius 2 is 2.17 bits per heavy atom. The molecule has 0 spiro atoms. The summed E-state index contributed by atoms with van der Waals surface area (Å²) in [6.45, 7) is 4.22. The second-order valence-corrected chi connectivity index (χ2v) is 3.75. The van der Waals surface area contributed by atoms with Gasteiger partial charge in [0.1, 0.15) is 5.75 Å². The molecule has 92 valence electrons. The van der Waals surface area contributed by atoms with Crippen molar-refractivity contribution < 1.29 is 9.53 Å². The first-order valence-corrected chi connectivity index (χ1v) is 5.57. The van der Waals surface area contributed by atoms with E-state index in [0.717, 1.165) is 5.75 Å². The zero-order chi connectivity index (χ0) is 13.0. The molecule has 4 nitrogen and oxygen atoms in total. The minimum atomic E-state index is -0.107. The monoisotopic (exact) mass is 242 g/mol. The minimum absolute atomic E-state index is 0.107. The molecule has 4 heteroatoms. The summed E-state index contributed by atoms with van der Waals surface area (Å²) in [6, 6.07) is 6.98. The first kappa shape index (κ1) is 12.1. The van der Waals surface area contributed by atoms with E-state index in [-0.39, 0.29) is 5.78 Å². The van der Waals surface area contributed by atoms with Gasteiger partial charge in [0.15, 0.2) is 5.82 Å². The maximum absolute atomic E-state index is 12.2. The van der Waals surface area contributed by atoms with Crippen LogP contribution in [0.25, 0.3) is 0 Å². The SMILES string of the molecule is C=CCn1ccnc1C(=O)c1ccc(OC)cc1. The number of nitrogens with zero attached hydrogens (tertiary/aromatic N) is 2. The molecule has 2 aromatic rings. The van der Waals surface area contributed by atoms with Crippen LogP contribution in [-0.4, -0.2) is 22.4 Å². The third kappa shape index (κ3) is 2.32. The highest BCUT2D eigenvalue weighted by Crippen LogP contribution is 2.14. The van der Waals surface area contributed by atoms with E-state index in [1.165, 1.54) is 0 Å². The van der Waals surface area contributed by atoms with Crippen LogP contribution in [-0.2, 0) is 6.54 Å². The van der Waals surface area contributed by atoms with Crippen LogP contribution in [0.1, 0.15) is 16.2 Å². The van der Waals surface area contributed by atoms with E-state index < -0.39 is 0 Å². The van der Waals surface area contributed by atoms with Crippen molar-refractivity contribution in [2.24, 2.45) is 0 Å². The Kier molecular flexibility index (Phi) is 3.57. The quantitative estimate of drug-likeness (QED) is 0.597. The highest BCUT2D eigenvalue weighted by atomic mass is 16.5. The molecule has 1 aromatic carbocycles. The minimum Gasteiger partial charge on any atom is -0.497 e. The van der Waals surface area contributed by atoms with Crippen molar-refractivity contribution in [1.29, 1.82) is 0 Å². The fourth-order valence-corrected chi connectivity index (χ4v) is 1.68. The molecule has 18 heavy (non-hydrogen) atoms. The molecule has 0 amide bonds. The van der Waals surface area contributed by atoms with Crippen molar-refractivity contribution in [2.75, 3.05) is 7.11 Å². The molecule has 2 rings (SSSR count). The lowest BCUT2D eigenvalue weighted by molar-refractivity contribution is 0.102. The van der Waals surface area contributed by atoms with Gasteiger partial charge >= 0.3 is 0 Å². The first-order valence-electron chi connectivity index (χ1n) is 5.57. The summed E-state index contributed by atoms with van der Waals surface area (Å²) in [4.78, 5) is 16.3. The fourth-order valence-electron chi connectivity index (χ4n) is 1.68. The van der Waals surface area contributed by atoms with Crippen LogP contribution in [0.3, 0.4) is 0 Å². The summed E-state index contributed by atoms with van der Waals surface area (Å²) in [7, 11) is 1.59. The Labute approximate surface area is 106 Å². The number of imidazole rings is 1. The van der Waals surface area contributed by atoms with Crippen LogP contribution < -0.4 is 4.74 Å². The number of ketones is 1. The molecule has 0 bridgehead atoms. The van der Waals surface area contributed by atoms with Crippen LogP contribution in [0.4, 0.5) is 0 Å². The fraction of sp³-hybridized carbons (Fsp3) is 0.143. The largest absolute Gasteiger partial charge is 0.497 e. The number of hydrogen-bond acceptors (Lipinski definition) is 3. The van der Waals surface area contributed by atoms with E-state index in [1.54, 1.807) is 54.4 Å². The number of carbonyl (C=O) groups is 1. The second-order valence-electron chi connectivity index (χ2n) is 3.75. The van der Waals surface area contributed by atoms with E-state index >= 15 is 0 Å². The standard InChI is InChI=1S/C14H14N2O2/c1-3-9-16-10-8-15-14(16)13(17)11-4-6-12(18-2)7-5-11/h3-8,10H,1,9H2,2H3. The zero-order valence-corrected chi connectivity index (χ0v) is 10.2. The summed E-state index contributed by atoms with van der Waals surface area (Å²) < 4.78 is 6.82. The van der Waals surface area contributed by atoms with Gasteiger partial charge in [-0.15, -0.1) is 6.58 Å². The molecule has 0 N–H and O–H groups in total. The van der Waals surface area contributed by atoms with Gasteiger partial charge < -0.3 is 9.30 Å². The van der Waals surface area contributed by atoms with Crippen molar-refractivity contribution in [3.63, 3.8) is 0 Å². The summed E-state index contributed by atoms with van der Waals surface area (Å²) in [5.74, 6) is 1.03. The number of benzene rings is 1. The van der Waals surface area contributed by atoms with E-state index in [0.29, 0.717) is 17.9 Å². The number of aromatic nitrogens is 2. The summed E-state index contributed by atoms with van der Waals surface area (Å²) in [5, 5.41) is 0. The molecule has 0 aliphatic rings. The third-order valence-corrected chi connectivity index (χ3v) is 2.60. The van der Waals surface area contributed by atoms with Crippen LogP contribution in [0.5, 0.6) is 5.75 Å². The van der Waals surface area contributed by atoms with Gasteiger partial charge in [-0.3, -0.25) is 4.79 Å². The van der Waals surface area contributed by atoms with E-state index in [4.69, 9.17) is 4.74 Å². The zero-order valence-electron chi connectivity index (χ0n) is 10.2. The van der Waals surface area contributed by atoms with Crippen LogP contribution in [0.15, 0.2) is 49.3 Å². The smallest absolute Gasteiger partial charge is 0.228 e.